The molecule has 1 amide bonds. The van der Waals surface area contributed by atoms with E-state index < -0.39 is 4.92 Å². The van der Waals surface area contributed by atoms with Crippen molar-refractivity contribution in [3.63, 3.8) is 0 Å². The lowest BCUT2D eigenvalue weighted by atomic mass is 10.1. The second kappa shape index (κ2) is 7.58. The third-order valence-corrected chi connectivity index (χ3v) is 3.05. The molecule has 0 aromatic heterocycles. The van der Waals surface area contributed by atoms with Crippen LogP contribution in [0.15, 0.2) is 18.2 Å². The molecule has 0 aliphatic carbocycles. The third kappa shape index (κ3) is 4.42. The van der Waals surface area contributed by atoms with Gasteiger partial charge in [-0.1, -0.05) is 6.07 Å². The molecule has 0 unspecified atom stereocenters. The van der Waals surface area contributed by atoms with E-state index >= 15 is 0 Å². The van der Waals surface area contributed by atoms with E-state index in [1.165, 1.54) is 12.1 Å². The lowest BCUT2D eigenvalue weighted by molar-refractivity contribution is -0.384. The highest BCUT2D eigenvalue weighted by Crippen LogP contribution is 2.28. The summed E-state index contributed by atoms with van der Waals surface area (Å²) in [6, 6.07) is 4.54. The maximum Gasteiger partial charge on any atom is 0.293 e. The summed E-state index contributed by atoms with van der Waals surface area (Å²) in [7, 11) is 5.55. The van der Waals surface area contributed by atoms with Crippen LogP contribution in [-0.4, -0.2) is 61.4 Å². The smallest absolute Gasteiger partial charge is 0.293 e. The number of nitro groups is 1. The van der Waals surface area contributed by atoms with E-state index in [-0.39, 0.29) is 17.3 Å². The van der Waals surface area contributed by atoms with Crippen LogP contribution in [0.2, 0.25) is 0 Å². The Kier molecular flexibility index (Phi) is 6.10. The molecule has 0 aliphatic rings. The first-order valence-corrected chi connectivity index (χ1v) is 6.80. The molecule has 7 nitrogen and oxygen atoms in total. The predicted molar refractivity (Wildman–Crippen MR) is 82.8 cm³/mol. The standard InChI is InChI=1S/C14H22N4O3/c1-5-15-13-11(7-6-8-12(13)18(20)21)14(19)17(4)10-9-16(2)3/h6-8,15H,5,9-10H2,1-4H3. The van der Waals surface area contributed by atoms with Gasteiger partial charge >= 0.3 is 0 Å². The van der Waals surface area contributed by atoms with Gasteiger partial charge in [0.1, 0.15) is 5.69 Å². The van der Waals surface area contributed by atoms with Gasteiger partial charge in [0.05, 0.1) is 10.5 Å². The SMILES string of the molecule is CCNc1c(C(=O)N(C)CCN(C)C)cccc1[N+](=O)[O-]. The van der Waals surface area contributed by atoms with Gasteiger partial charge in [-0.15, -0.1) is 0 Å². The highest BCUT2D eigenvalue weighted by Gasteiger charge is 2.23. The molecule has 21 heavy (non-hydrogen) atoms. The van der Waals surface area contributed by atoms with Crippen molar-refractivity contribution in [1.29, 1.82) is 0 Å². The van der Waals surface area contributed by atoms with Gasteiger partial charge < -0.3 is 15.1 Å². The number of carbonyl (C=O) groups excluding carboxylic acids is 1. The average Bonchev–Trinajstić information content (AvgIpc) is 2.44. The Balaban J connectivity index is 3.08. The van der Waals surface area contributed by atoms with Crippen LogP contribution < -0.4 is 5.32 Å². The number of carbonyl (C=O) groups is 1. The molecular formula is C14H22N4O3. The Hall–Kier alpha value is -2.15. The number of benzene rings is 1. The predicted octanol–water partition coefficient (Wildman–Crippen LogP) is 1.66. The summed E-state index contributed by atoms with van der Waals surface area (Å²) in [5.41, 5.74) is 0.530. The Morgan fingerprint density at radius 2 is 1.95 bits per heavy atom. The number of para-hydroxylation sites is 1. The van der Waals surface area contributed by atoms with Gasteiger partial charge in [-0.25, -0.2) is 0 Å². The highest BCUT2D eigenvalue weighted by atomic mass is 16.6. The molecule has 0 saturated carbocycles. The molecule has 0 spiro atoms. The second-order valence-corrected chi connectivity index (χ2v) is 5.02. The maximum absolute atomic E-state index is 12.5. The molecule has 0 saturated heterocycles. The Morgan fingerprint density at radius 3 is 2.48 bits per heavy atom. The van der Waals surface area contributed by atoms with Crippen LogP contribution in [-0.2, 0) is 0 Å². The van der Waals surface area contributed by atoms with Crippen molar-refractivity contribution >= 4 is 17.3 Å². The molecule has 0 aliphatic heterocycles. The number of anilines is 1. The van der Waals surface area contributed by atoms with E-state index in [1.54, 1.807) is 18.0 Å². The van der Waals surface area contributed by atoms with Gasteiger partial charge in [0.15, 0.2) is 0 Å². The van der Waals surface area contributed by atoms with Crippen LogP contribution in [0.3, 0.4) is 0 Å². The summed E-state index contributed by atoms with van der Waals surface area (Å²) in [5, 5.41) is 14.0. The molecule has 1 aromatic carbocycles. The minimum atomic E-state index is -0.478. The van der Waals surface area contributed by atoms with Crippen LogP contribution in [0.1, 0.15) is 17.3 Å². The fourth-order valence-electron chi connectivity index (χ4n) is 1.89. The Bertz CT molecular complexity index is 517. The quantitative estimate of drug-likeness (QED) is 0.611. The van der Waals surface area contributed by atoms with Gasteiger partial charge in [-0.3, -0.25) is 14.9 Å². The zero-order valence-corrected chi connectivity index (χ0v) is 12.9. The fourth-order valence-corrected chi connectivity index (χ4v) is 1.89. The normalized spacial score (nSPS) is 10.5. The van der Waals surface area contributed by atoms with Crippen molar-refractivity contribution < 1.29 is 9.72 Å². The summed E-state index contributed by atoms with van der Waals surface area (Å²) in [6.07, 6.45) is 0. The number of nitrogens with zero attached hydrogens (tertiary/aromatic N) is 3. The molecule has 1 N–H and O–H groups in total. The van der Waals surface area contributed by atoms with Crippen molar-refractivity contribution in [2.75, 3.05) is 46.1 Å². The fraction of sp³-hybridized carbons (Fsp3) is 0.500. The monoisotopic (exact) mass is 294 g/mol. The summed E-state index contributed by atoms with van der Waals surface area (Å²) in [5.74, 6) is -0.225. The molecule has 0 atom stereocenters. The lowest BCUT2D eigenvalue weighted by Gasteiger charge is -2.21. The molecule has 116 valence electrons. The van der Waals surface area contributed by atoms with Crippen LogP contribution in [0.25, 0.3) is 0 Å². The molecule has 0 bridgehead atoms. The minimum Gasteiger partial charge on any atom is -0.379 e. The number of amides is 1. The summed E-state index contributed by atoms with van der Waals surface area (Å²) < 4.78 is 0. The van der Waals surface area contributed by atoms with Crippen LogP contribution in [0.5, 0.6) is 0 Å². The summed E-state index contributed by atoms with van der Waals surface area (Å²) in [4.78, 5) is 26.6. The number of hydrogen-bond acceptors (Lipinski definition) is 5. The number of nitrogens with one attached hydrogen (secondary N) is 1. The lowest BCUT2D eigenvalue weighted by Crippen LogP contribution is -2.34. The van der Waals surface area contributed by atoms with Gasteiger partial charge in [-0.2, -0.15) is 0 Å². The number of hydrogen-bond donors (Lipinski definition) is 1. The van der Waals surface area contributed by atoms with Gasteiger partial charge in [0.25, 0.3) is 11.6 Å². The van der Waals surface area contributed by atoms with E-state index in [1.807, 2.05) is 25.9 Å². The van der Waals surface area contributed by atoms with Crippen LogP contribution >= 0.6 is 0 Å². The van der Waals surface area contributed by atoms with Crippen molar-refractivity contribution in [2.24, 2.45) is 0 Å². The van der Waals surface area contributed by atoms with E-state index in [2.05, 4.69) is 5.32 Å². The number of nitro benzene ring substituents is 1. The number of likely N-dealkylation sites (N-methyl/N-ethyl adjacent to an activating group) is 2. The van der Waals surface area contributed by atoms with Crippen molar-refractivity contribution in [3.8, 4) is 0 Å². The van der Waals surface area contributed by atoms with Crippen molar-refractivity contribution in [3.05, 3.63) is 33.9 Å². The Labute approximate surface area is 124 Å². The molecule has 0 fully saturated rings. The highest BCUT2D eigenvalue weighted by molar-refractivity contribution is 6.01. The first kappa shape index (κ1) is 16.9. The topological polar surface area (TPSA) is 78.7 Å². The van der Waals surface area contributed by atoms with E-state index in [4.69, 9.17) is 0 Å². The largest absolute Gasteiger partial charge is 0.379 e. The van der Waals surface area contributed by atoms with Crippen LogP contribution in [0.4, 0.5) is 11.4 Å². The molecule has 0 heterocycles. The van der Waals surface area contributed by atoms with Crippen LogP contribution in [0, 0.1) is 10.1 Å². The minimum absolute atomic E-state index is 0.0799. The molecule has 1 rings (SSSR count). The van der Waals surface area contributed by atoms with Crippen molar-refractivity contribution in [1.82, 2.24) is 9.80 Å². The molecule has 7 heteroatoms. The zero-order valence-electron chi connectivity index (χ0n) is 12.9. The Morgan fingerprint density at radius 1 is 1.29 bits per heavy atom. The molecule has 0 radical (unpaired) electrons. The van der Waals surface area contributed by atoms with E-state index in [0.29, 0.717) is 18.7 Å². The average molecular weight is 294 g/mol. The van der Waals surface area contributed by atoms with Gasteiger partial charge in [0.2, 0.25) is 0 Å². The first-order valence-electron chi connectivity index (χ1n) is 6.80. The van der Waals surface area contributed by atoms with E-state index in [9.17, 15) is 14.9 Å². The maximum atomic E-state index is 12.5. The van der Waals surface area contributed by atoms with Gasteiger partial charge in [0, 0.05) is 32.7 Å². The van der Waals surface area contributed by atoms with E-state index in [0.717, 1.165) is 6.54 Å². The first-order chi connectivity index (χ1) is 9.88. The molecular weight excluding hydrogens is 272 g/mol. The zero-order chi connectivity index (χ0) is 16.0. The van der Waals surface area contributed by atoms with Crippen molar-refractivity contribution in [2.45, 2.75) is 6.92 Å². The number of rotatable bonds is 7. The summed E-state index contributed by atoms with van der Waals surface area (Å²) >= 11 is 0. The third-order valence-electron chi connectivity index (χ3n) is 3.05. The molecule has 1 aromatic rings. The van der Waals surface area contributed by atoms with Gasteiger partial charge in [-0.05, 0) is 27.1 Å². The summed E-state index contributed by atoms with van der Waals surface area (Å²) in [6.45, 7) is 3.63. The second-order valence-electron chi connectivity index (χ2n) is 5.02.